The quantitative estimate of drug-likeness (QED) is 0.822. The van der Waals surface area contributed by atoms with Crippen LogP contribution < -0.4 is 4.74 Å². The maximum atomic E-state index is 10.4. The van der Waals surface area contributed by atoms with E-state index in [1.165, 1.54) is 0 Å². The number of aliphatic hydroxyl groups is 1. The van der Waals surface area contributed by atoms with E-state index in [2.05, 4.69) is 33.2 Å². The molecule has 1 aromatic carbocycles. The summed E-state index contributed by atoms with van der Waals surface area (Å²) in [5.74, 6) is 0.816. The Morgan fingerprint density at radius 3 is 2.60 bits per heavy atom. The van der Waals surface area contributed by atoms with Crippen molar-refractivity contribution in [3.8, 4) is 5.75 Å². The lowest BCUT2D eigenvalue weighted by molar-refractivity contribution is 0.208. The fourth-order valence-electron chi connectivity index (χ4n) is 1.87. The molecule has 0 aliphatic rings. The number of nitrogens with zero attached hydrogens (tertiary/aromatic N) is 3. The Morgan fingerprint density at radius 1 is 1.35 bits per heavy atom. The van der Waals surface area contributed by atoms with Crippen LogP contribution in [0.5, 0.6) is 5.75 Å². The highest BCUT2D eigenvalue weighted by molar-refractivity contribution is 9.10. The van der Waals surface area contributed by atoms with Crippen LogP contribution in [0.25, 0.3) is 0 Å². The average Bonchev–Trinajstić information content (AvgIpc) is 2.78. The zero-order chi connectivity index (χ0) is 14.5. The molecule has 1 heterocycles. The lowest BCUT2D eigenvalue weighted by Gasteiger charge is -2.12. The third-order valence-corrected chi connectivity index (χ3v) is 3.61. The molecule has 1 N–H and O–H groups in total. The number of unbranched alkanes of at least 4 members (excludes halogenated alkanes) is 1. The molecule has 1 atom stereocenters. The Morgan fingerprint density at radius 2 is 2.05 bits per heavy atom. The van der Waals surface area contributed by atoms with Crippen molar-refractivity contribution in [1.82, 2.24) is 15.0 Å². The maximum absolute atomic E-state index is 10.4. The summed E-state index contributed by atoms with van der Waals surface area (Å²) in [7, 11) is 1.75. The van der Waals surface area contributed by atoms with Crippen LogP contribution in [-0.2, 0) is 7.05 Å². The van der Waals surface area contributed by atoms with E-state index in [0.717, 1.165) is 30.8 Å². The van der Waals surface area contributed by atoms with Crippen molar-refractivity contribution in [3.63, 3.8) is 0 Å². The van der Waals surface area contributed by atoms with Crippen molar-refractivity contribution in [2.45, 2.75) is 25.9 Å². The summed E-state index contributed by atoms with van der Waals surface area (Å²) < 4.78 is 7.71. The van der Waals surface area contributed by atoms with Gasteiger partial charge in [0.15, 0.2) is 4.60 Å². The molecule has 0 aliphatic carbocycles. The molecule has 20 heavy (non-hydrogen) atoms. The van der Waals surface area contributed by atoms with Crippen molar-refractivity contribution >= 4 is 15.9 Å². The number of ether oxygens (including phenoxy) is 1. The minimum Gasteiger partial charge on any atom is -0.494 e. The van der Waals surface area contributed by atoms with Gasteiger partial charge in [0, 0.05) is 7.05 Å². The fourth-order valence-corrected chi connectivity index (χ4v) is 2.41. The second-order valence-corrected chi connectivity index (χ2v) is 5.31. The predicted octanol–water partition coefficient (Wildman–Crippen LogP) is 2.84. The van der Waals surface area contributed by atoms with Crippen LogP contribution in [-0.4, -0.2) is 26.7 Å². The zero-order valence-electron chi connectivity index (χ0n) is 11.6. The van der Waals surface area contributed by atoms with E-state index in [1.54, 1.807) is 11.7 Å². The third-order valence-electron chi connectivity index (χ3n) is 3.05. The SMILES string of the molecule is CCCCOc1ccc(C(O)c2c(Br)nnn2C)cc1. The minimum absolute atomic E-state index is 0.552. The molecule has 1 aromatic heterocycles. The van der Waals surface area contributed by atoms with Crippen LogP contribution in [0.15, 0.2) is 28.9 Å². The smallest absolute Gasteiger partial charge is 0.154 e. The van der Waals surface area contributed by atoms with Crippen LogP contribution in [0.1, 0.15) is 37.1 Å². The van der Waals surface area contributed by atoms with E-state index in [0.29, 0.717) is 10.3 Å². The van der Waals surface area contributed by atoms with Crippen LogP contribution in [0.2, 0.25) is 0 Å². The normalized spacial score (nSPS) is 12.4. The topological polar surface area (TPSA) is 60.2 Å². The zero-order valence-corrected chi connectivity index (χ0v) is 13.2. The standard InChI is InChI=1S/C14H18BrN3O2/c1-3-4-9-20-11-7-5-10(6-8-11)13(19)12-14(15)16-17-18(12)2/h5-8,13,19H,3-4,9H2,1-2H3. The summed E-state index contributed by atoms with van der Waals surface area (Å²) in [5, 5.41) is 18.1. The molecular formula is C14H18BrN3O2. The Balaban J connectivity index is 2.10. The van der Waals surface area contributed by atoms with Gasteiger partial charge in [0.2, 0.25) is 0 Å². The van der Waals surface area contributed by atoms with Gasteiger partial charge in [0.1, 0.15) is 17.5 Å². The molecule has 2 aromatic rings. The Hall–Kier alpha value is -1.40. The van der Waals surface area contributed by atoms with E-state index in [9.17, 15) is 5.11 Å². The summed E-state index contributed by atoms with van der Waals surface area (Å²) in [4.78, 5) is 0. The first kappa shape index (κ1) is 15.0. The molecule has 0 amide bonds. The molecule has 2 rings (SSSR count). The van der Waals surface area contributed by atoms with Gasteiger partial charge in [-0.1, -0.05) is 30.7 Å². The molecule has 5 nitrogen and oxygen atoms in total. The van der Waals surface area contributed by atoms with Crippen molar-refractivity contribution in [2.75, 3.05) is 6.61 Å². The molecular weight excluding hydrogens is 322 g/mol. The van der Waals surface area contributed by atoms with E-state index < -0.39 is 6.10 Å². The van der Waals surface area contributed by atoms with Crippen molar-refractivity contribution < 1.29 is 9.84 Å². The number of benzene rings is 1. The highest BCUT2D eigenvalue weighted by Crippen LogP contribution is 2.27. The summed E-state index contributed by atoms with van der Waals surface area (Å²) in [6, 6.07) is 7.44. The minimum atomic E-state index is -0.769. The van der Waals surface area contributed by atoms with Crippen LogP contribution in [0.3, 0.4) is 0 Å². The number of aromatic nitrogens is 3. The molecule has 108 valence electrons. The highest BCUT2D eigenvalue weighted by atomic mass is 79.9. The Kier molecular flexibility index (Phi) is 5.14. The van der Waals surface area contributed by atoms with Crippen molar-refractivity contribution in [1.29, 1.82) is 0 Å². The summed E-state index contributed by atoms with van der Waals surface area (Å²) in [6.45, 7) is 2.85. The molecule has 0 saturated carbocycles. The predicted molar refractivity (Wildman–Crippen MR) is 79.6 cm³/mol. The van der Waals surface area contributed by atoms with Gasteiger partial charge in [-0.25, -0.2) is 4.68 Å². The third kappa shape index (κ3) is 3.37. The van der Waals surface area contributed by atoms with Gasteiger partial charge >= 0.3 is 0 Å². The van der Waals surface area contributed by atoms with Crippen LogP contribution >= 0.6 is 15.9 Å². The molecule has 0 spiro atoms. The van der Waals surface area contributed by atoms with Gasteiger partial charge < -0.3 is 9.84 Å². The van der Waals surface area contributed by atoms with Gasteiger partial charge in [0.25, 0.3) is 0 Å². The van der Waals surface area contributed by atoms with Crippen molar-refractivity contribution in [2.24, 2.45) is 7.05 Å². The average molecular weight is 340 g/mol. The largest absolute Gasteiger partial charge is 0.494 e. The number of aryl methyl sites for hydroxylation is 1. The van der Waals surface area contributed by atoms with Gasteiger partial charge in [-0.3, -0.25) is 0 Å². The second-order valence-electron chi connectivity index (χ2n) is 4.56. The van der Waals surface area contributed by atoms with Crippen LogP contribution in [0.4, 0.5) is 0 Å². The molecule has 0 radical (unpaired) electrons. The molecule has 0 aliphatic heterocycles. The molecule has 0 bridgehead atoms. The second kappa shape index (κ2) is 6.85. The first-order chi connectivity index (χ1) is 9.63. The van der Waals surface area contributed by atoms with Gasteiger partial charge in [-0.15, -0.1) is 5.10 Å². The van der Waals surface area contributed by atoms with Gasteiger partial charge in [0.05, 0.1) is 6.61 Å². The van der Waals surface area contributed by atoms with Gasteiger partial charge in [-0.05, 0) is 40.0 Å². The number of hydrogen-bond donors (Lipinski definition) is 1. The van der Waals surface area contributed by atoms with Crippen LogP contribution in [0, 0.1) is 0 Å². The number of hydrogen-bond acceptors (Lipinski definition) is 4. The lowest BCUT2D eigenvalue weighted by atomic mass is 10.1. The highest BCUT2D eigenvalue weighted by Gasteiger charge is 2.19. The van der Waals surface area contributed by atoms with E-state index in [4.69, 9.17) is 4.74 Å². The number of halogens is 1. The number of aliphatic hydroxyl groups excluding tert-OH is 1. The van der Waals surface area contributed by atoms with Gasteiger partial charge in [-0.2, -0.15) is 0 Å². The summed E-state index contributed by atoms with van der Waals surface area (Å²) in [5.41, 5.74) is 1.41. The molecule has 1 unspecified atom stereocenters. The maximum Gasteiger partial charge on any atom is 0.154 e. The fraction of sp³-hybridized carbons (Fsp3) is 0.429. The van der Waals surface area contributed by atoms with E-state index in [1.807, 2.05) is 24.3 Å². The first-order valence-electron chi connectivity index (χ1n) is 6.59. The summed E-state index contributed by atoms with van der Waals surface area (Å²) >= 11 is 3.29. The number of rotatable bonds is 6. The molecule has 0 saturated heterocycles. The molecule has 0 fully saturated rings. The Labute approximate surface area is 126 Å². The monoisotopic (exact) mass is 339 g/mol. The first-order valence-corrected chi connectivity index (χ1v) is 7.38. The van der Waals surface area contributed by atoms with E-state index >= 15 is 0 Å². The Bertz CT molecular complexity index is 535. The van der Waals surface area contributed by atoms with Crippen molar-refractivity contribution in [3.05, 3.63) is 40.1 Å². The lowest BCUT2D eigenvalue weighted by Crippen LogP contribution is -2.07. The summed E-state index contributed by atoms with van der Waals surface area (Å²) in [6.07, 6.45) is 1.38. The molecule has 6 heteroatoms. The van der Waals surface area contributed by atoms with E-state index in [-0.39, 0.29) is 0 Å².